The minimum Gasteiger partial charge on any atom is -0.493 e. The smallest absolute Gasteiger partial charge is 0.231 e. The lowest BCUT2D eigenvalue weighted by Crippen LogP contribution is -2.34. The summed E-state index contributed by atoms with van der Waals surface area (Å²) in [6, 6.07) is 6.45. The van der Waals surface area contributed by atoms with E-state index in [4.69, 9.17) is 14.2 Å². The largest absolute Gasteiger partial charge is 0.493 e. The van der Waals surface area contributed by atoms with Gasteiger partial charge in [-0.15, -0.1) is 0 Å². The molecule has 112 valence electrons. The molecule has 4 nitrogen and oxygen atoms in total. The Morgan fingerprint density at radius 2 is 2.14 bits per heavy atom. The molecule has 2 heterocycles. The Bertz CT molecular complexity index is 569. The van der Waals surface area contributed by atoms with E-state index in [1.165, 1.54) is 19.3 Å². The van der Waals surface area contributed by atoms with Crippen LogP contribution in [0.25, 0.3) is 0 Å². The number of likely N-dealkylation sites (N-methyl/N-ethyl adjacent to an activating group) is 1. The standard InChI is InChI=1S/C17H21NO3/c1-18-8-7-14-12(3-2-4-15(14)18)10-19-13-5-6-16-17(9-13)21-11-20-16/h5-7,9,12,15H,2-4,8,10-11H2,1H3. The Morgan fingerprint density at radius 1 is 1.24 bits per heavy atom. The van der Waals surface area contributed by atoms with E-state index in [2.05, 4.69) is 18.0 Å². The van der Waals surface area contributed by atoms with E-state index < -0.39 is 0 Å². The summed E-state index contributed by atoms with van der Waals surface area (Å²) in [5.41, 5.74) is 1.59. The Hall–Kier alpha value is -1.68. The van der Waals surface area contributed by atoms with E-state index in [0.29, 0.717) is 18.8 Å². The van der Waals surface area contributed by atoms with Gasteiger partial charge in [0, 0.05) is 24.6 Å². The van der Waals surface area contributed by atoms with E-state index in [9.17, 15) is 0 Å². The highest BCUT2D eigenvalue weighted by atomic mass is 16.7. The molecule has 0 aromatic heterocycles. The fraction of sp³-hybridized carbons (Fsp3) is 0.529. The molecule has 2 unspecified atom stereocenters. The van der Waals surface area contributed by atoms with Crippen LogP contribution in [0, 0.1) is 5.92 Å². The quantitative estimate of drug-likeness (QED) is 0.800. The third kappa shape index (κ3) is 2.38. The molecule has 21 heavy (non-hydrogen) atoms. The molecule has 0 saturated heterocycles. The minimum absolute atomic E-state index is 0.308. The second-order valence-electron chi connectivity index (χ2n) is 6.11. The number of nitrogens with zero attached hydrogens (tertiary/aromatic N) is 1. The fourth-order valence-corrected chi connectivity index (χ4v) is 3.66. The highest BCUT2D eigenvalue weighted by molar-refractivity contribution is 5.46. The summed E-state index contributed by atoms with van der Waals surface area (Å²) in [7, 11) is 2.22. The van der Waals surface area contributed by atoms with Crippen molar-refractivity contribution in [3.8, 4) is 17.2 Å². The van der Waals surface area contributed by atoms with Gasteiger partial charge in [-0.05, 0) is 37.6 Å². The number of fused-ring (bicyclic) bond motifs is 2. The molecule has 0 N–H and O–H groups in total. The van der Waals surface area contributed by atoms with Gasteiger partial charge in [-0.3, -0.25) is 4.90 Å². The van der Waals surface area contributed by atoms with Crippen LogP contribution in [0.15, 0.2) is 29.8 Å². The van der Waals surface area contributed by atoms with E-state index in [1.54, 1.807) is 5.57 Å². The summed E-state index contributed by atoms with van der Waals surface area (Å²) >= 11 is 0. The van der Waals surface area contributed by atoms with Crippen molar-refractivity contribution in [2.45, 2.75) is 25.3 Å². The van der Waals surface area contributed by atoms with Crippen molar-refractivity contribution in [2.24, 2.45) is 5.92 Å². The van der Waals surface area contributed by atoms with Crippen LogP contribution >= 0.6 is 0 Å². The van der Waals surface area contributed by atoms with Crippen LogP contribution in [0.2, 0.25) is 0 Å². The average Bonchev–Trinajstić information content (AvgIpc) is 3.12. The molecule has 2 atom stereocenters. The number of hydrogen-bond donors (Lipinski definition) is 0. The molecule has 0 radical (unpaired) electrons. The van der Waals surface area contributed by atoms with Crippen LogP contribution in [-0.2, 0) is 0 Å². The van der Waals surface area contributed by atoms with Gasteiger partial charge in [0.15, 0.2) is 11.5 Å². The van der Waals surface area contributed by atoms with E-state index in [1.807, 2.05) is 18.2 Å². The first-order valence-electron chi connectivity index (χ1n) is 7.74. The van der Waals surface area contributed by atoms with Crippen LogP contribution in [-0.4, -0.2) is 37.9 Å². The second kappa shape index (κ2) is 5.26. The monoisotopic (exact) mass is 287 g/mol. The summed E-state index contributed by atoms with van der Waals surface area (Å²) in [5, 5.41) is 0. The molecular formula is C17H21NO3. The van der Waals surface area contributed by atoms with Crippen molar-refractivity contribution in [2.75, 3.05) is 27.0 Å². The number of rotatable bonds is 3. The van der Waals surface area contributed by atoms with Gasteiger partial charge in [0.1, 0.15) is 5.75 Å². The molecule has 1 aromatic carbocycles. The van der Waals surface area contributed by atoms with E-state index in [0.717, 1.165) is 30.4 Å². The third-order valence-corrected chi connectivity index (χ3v) is 4.83. The number of hydrogen-bond acceptors (Lipinski definition) is 4. The fourth-order valence-electron chi connectivity index (χ4n) is 3.66. The highest BCUT2D eigenvalue weighted by Gasteiger charge is 2.33. The van der Waals surface area contributed by atoms with Crippen molar-refractivity contribution in [3.05, 3.63) is 29.8 Å². The lowest BCUT2D eigenvalue weighted by Gasteiger charge is -2.33. The van der Waals surface area contributed by atoms with Crippen molar-refractivity contribution in [1.29, 1.82) is 0 Å². The summed E-state index contributed by atoms with van der Waals surface area (Å²) in [6.45, 7) is 2.15. The summed E-state index contributed by atoms with van der Waals surface area (Å²) in [5.74, 6) is 3.02. The summed E-state index contributed by atoms with van der Waals surface area (Å²) in [6.07, 6.45) is 6.22. The van der Waals surface area contributed by atoms with Gasteiger partial charge in [-0.1, -0.05) is 12.5 Å². The molecular weight excluding hydrogens is 266 g/mol. The van der Waals surface area contributed by atoms with E-state index in [-0.39, 0.29) is 0 Å². The third-order valence-electron chi connectivity index (χ3n) is 4.83. The SMILES string of the molecule is CN1CC=C2C(COc3ccc4c(c3)OCO4)CCCC21. The zero-order valence-electron chi connectivity index (χ0n) is 12.4. The van der Waals surface area contributed by atoms with Crippen molar-refractivity contribution in [3.63, 3.8) is 0 Å². The van der Waals surface area contributed by atoms with Crippen LogP contribution in [0.1, 0.15) is 19.3 Å². The maximum Gasteiger partial charge on any atom is 0.231 e. The first kappa shape index (κ1) is 13.0. The van der Waals surface area contributed by atoms with Gasteiger partial charge < -0.3 is 14.2 Å². The first-order chi connectivity index (χ1) is 10.3. The lowest BCUT2D eigenvalue weighted by atomic mass is 9.82. The molecule has 0 amide bonds. The lowest BCUT2D eigenvalue weighted by molar-refractivity contribution is 0.173. The Kier molecular flexibility index (Phi) is 3.26. The second-order valence-corrected chi connectivity index (χ2v) is 6.11. The van der Waals surface area contributed by atoms with Crippen molar-refractivity contribution < 1.29 is 14.2 Å². The average molecular weight is 287 g/mol. The summed E-state index contributed by atoms with van der Waals surface area (Å²) < 4.78 is 16.7. The zero-order chi connectivity index (χ0) is 14.2. The highest BCUT2D eigenvalue weighted by Crippen LogP contribution is 2.38. The van der Waals surface area contributed by atoms with Gasteiger partial charge in [0.05, 0.1) is 6.61 Å². The van der Waals surface area contributed by atoms with Gasteiger partial charge >= 0.3 is 0 Å². The maximum atomic E-state index is 6.02. The zero-order valence-corrected chi connectivity index (χ0v) is 12.4. The molecule has 1 aromatic rings. The molecule has 3 aliphatic rings. The molecule has 1 fully saturated rings. The van der Waals surface area contributed by atoms with Gasteiger partial charge in [-0.25, -0.2) is 0 Å². The molecule has 4 rings (SSSR count). The van der Waals surface area contributed by atoms with E-state index >= 15 is 0 Å². The van der Waals surface area contributed by atoms with Gasteiger partial charge in [-0.2, -0.15) is 0 Å². The van der Waals surface area contributed by atoms with Crippen LogP contribution < -0.4 is 14.2 Å². The van der Waals surface area contributed by atoms with Crippen LogP contribution in [0.5, 0.6) is 17.2 Å². The van der Waals surface area contributed by atoms with Gasteiger partial charge in [0.25, 0.3) is 0 Å². The molecule has 4 heteroatoms. The Balaban J connectivity index is 1.42. The first-order valence-corrected chi connectivity index (χ1v) is 7.74. The van der Waals surface area contributed by atoms with Crippen LogP contribution in [0.3, 0.4) is 0 Å². The molecule has 2 aliphatic heterocycles. The van der Waals surface area contributed by atoms with Crippen molar-refractivity contribution in [1.82, 2.24) is 4.90 Å². The Labute approximate surface area is 125 Å². The molecule has 0 bridgehead atoms. The minimum atomic E-state index is 0.308. The number of benzene rings is 1. The predicted octanol–water partition coefficient (Wildman–Crippen LogP) is 2.83. The molecule has 0 spiro atoms. The predicted molar refractivity (Wildman–Crippen MR) is 79.9 cm³/mol. The summed E-state index contributed by atoms with van der Waals surface area (Å²) in [4.78, 5) is 2.45. The van der Waals surface area contributed by atoms with Crippen molar-refractivity contribution >= 4 is 0 Å². The molecule has 1 saturated carbocycles. The topological polar surface area (TPSA) is 30.9 Å². The Morgan fingerprint density at radius 3 is 3.10 bits per heavy atom. The maximum absolute atomic E-state index is 6.02. The van der Waals surface area contributed by atoms with Gasteiger partial charge in [0.2, 0.25) is 6.79 Å². The normalized spacial score (nSPS) is 27.4. The number of ether oxygens (including phenoxy) is 3. The molecule has 1 aliphatic carbocycles. The van der Waals surface area contributed by atoms with Crippen LogP contribution in [0.4, 0.5) is 0 Å².